The van der Waals surface area contributed by atoms with Crippen molar-refractivity contribution in [2.75, 3.05) is 32.7 Å². The first-order valence-corrected chi connectivity index (χ1v) is 7.15. The fourth-order valence-electron chi connectivity index (χ4n) is 2.19. The van der Waals surface area contributed by atoms with Gasteiger partial charge in [-0.1, -0.05) is 23.7 Å². The van der Waals surface area contributed by atoms with Crippen LogP contribution in [0.25, 0.3) is 0 Å². The third-order valence-corrected chi connectivity index (χ3v) is 3.67. The highest BCUT2D eigenvalue weighted by Gasteiger charge is 2.19. The largest absolute Gasteiger partial charge is 0.383 e. The van der Waals surface area contributed by atoms with Gasteiger partial charge in [0.2, 0.25) is 0 Å². The Bertz CT molecular complexity index is 597. The molecule has 1 aromatic carbocycles. The molecule has 0 aliphatic carbocycles. The number of rotatable bonds is 6. The van der Waals surface area contributed by atoms with E-state index >= 15 is 0 Å². The Kier molecular flexibility index (Phi) is 5.22. The zero-order valence-corrected chi connectivity index (χ0v) is 13.3. The summed E-state index contributed by atoms with van der Waals surface area (Å²) in [7, 11) is 5.66. The van der Waals surface area contributed by atoms with Gasteiger partial charge in [0, 0.05) is 26.9 Å². The molecule has 1 aromatic heterocycles. The van der Waals surface area contributed by atoms with E-state index in [0.29, 0.717) is 18.2 Å². The summed E-state index contributed by atoms with van der Waals surface area (Å²) in [6.07, 6.45) is 1.63. The molecular formula is C15H21ClN4O. The molecule has 1 atom stereocenters. The minimum absolute atomic E-state index is 0.322. The minimum atomic E-state index is -0.322. The van der Waals surface area contributed by atoms with E-state index in [0.717, 1.165) is 16.9 Å². The van der Waals surface area contributed by atoms with Crippen LogP contribution in [0.2, 0.25) is 5.02 Å². The van der Waals surface area contributed by atoms with Crippen molar-refractivity contribution in [3.8, 4) is 0 Å². The molecule has 0 spiro atoms. The van der Waals surface area contributed by atoms with Crippen LogP contribution >= 0.6 is 11.6 Å². The standard InChI is InChI=1S/C15H21ClN4O/c1-19(2)12-6-4-5-11(9-12)14(17)15-13(16)10-18-20(15)7-8-21-3/h4-6,9-10,14H,7-8,17H2,1-3H3. The molecule has 0 bridgehead atoms. The zero-order valence-electron chi connectivity index (χ0n) is 12.6. The molecule has 1 unspecified atom stereocenters. The number of hydrogen-bond acceptors (Lipinski definition) is 4. The smallest absolute Gasteiger partial charge is 0.0837 e. The third kappa shape index (κ3) is 3.56. The van der Waals surface area contributed by atoms with E-state index in [1.54, 1.807) is 18.0 Å². The Hall–Kier alpha value is -1.56. The lowest BCUT2D eigenvalue weighted by atomic mass is 10.0. The highest BCUT2D eigenvalue weighted by molar-refractivity contribution is 6.31. The van der Waals surface area contributed by atoms with Gasteiger partial charge in [-0.05, 0) is 17.7 Å². The maximum Gasteiger partial charge on any atom is 0.0837 e. The number of nitrogens with two attached hydrogens (primary N) is 1. The molecule has 2 rings (SSSR count). The van der Waals surface area contributed by atoms with Gasteiger partial charge in [-0.3, -0.25) is 4.68 Å². The van der Waals surface area contributed by atoms with Gasteiger partial charge in [0.25, 0.3) is 0 Å². The molecule has 1 heterocycles. The SMILES string of the molecule is COCCn1ncc(Cl)c1C(N)c1cccc(N(C)C)c1. The van der Waals surface area contributed by atoms with Crippen LogP contribution in [-0.2, 0) is 11.3 Å². The molecule has 2 aromatic rings. The molecule has 0 fully saturated rings. The summed E-state index contributed by atoms with van der Waals surface area (Å²) in [4.78, 5) is 2.04. The van der Waals surface area contributed by atoms with E-state index in [9.17, 15) is 0 Å². The first kappa shape index (κ1) is 15.8. The average Bonchev–Trinajstić information content (AvgIpc) is 2.85. The summed E-state index contributed by atoms with van der Waals surface area (Å²) in [5.41, 5.74) is 9.31. The summed E-state index contributed by atoms with van der Waals surface area (Å²) in [6, 6.07) is 7.78. The van der Waals surface area contributed by atoms with Crippen LogP contribution in [0.5, 0.6) is 0 Å². The number of nitrogens with zero attached hydrogens (tertiary/aromatic N) is 3. The van der Waals surface area contributed by atoms with Gasteiger partial charge in [0.1, 0.15) is 0 Å². The first-order chi connectivity index (χ1) is 10.0. The minimum Gasteiger partial charge on any atom is -0.383 e. The van der Waals surface area contributed by atoms with Crippen molar-refractivity contribution >= 4 is 17.3 Å². The Labute approximate surface area is 130 Å². The van der Waals surface area contributed by atoms with E-state index in [1.807, 2.05) is 37.2 Å². The number of benzene rings is 1. The van der Waals surface area contributed by atoms with E-state index < -0.39 is 0 Å². The molecule has 2 N–H and O–H groups in total. The van der Waals surface area contributed by atoms with Gasteiger partial charge in [0.15, 0.2) is 0 Å². The van der Waals surface area contributed by atoms with Gasteiger partial charge in [-0.25, -0.2) is 0 Å². The van der Waals surface area contributed by atoms with E-state index in [4.69, 9.17) is 22.1 Å². The Balaban J connectivity index is 2.33. The van der Waals surface area contributed by atoms with Crippen LogP contribution in [0, 0.1) is 0 Å². The molecule has 0 aliphatic heterocycles. The molecular weight excluding hydrogens is 288 g/mol. The lowest BCUT2D eigenvalue weighted by molar-refractivity contribution is 0.182. The molecule has 0 saturated carbocycles. The lowest BCUT2D eigenvalue weighted by Gasteiger charge is -2.18. The molecule has 114 valence electrons. The second-order valence-electron chi connectivity index (χ2n) is 5.06. The maximum atomic E-state index is 6.40. The monoisotopic (exact) mass is 308 g/mol. The van der Waals surface area contributed by atoms with Crippen molar-refractivity contribution in [1.82, 2.24) is 9.78 Å². The molecule has 5 nitrogen and oxygen atoms in total. The Morgan fingerprint density at radius 2 is 2.19 bits per heavy atom. The van der Waals surface area contributed by atoms with Crippen molar-refractivity contribution in [2.24, 2.45) is 5.73 Å². The van der Waals surface area contributed by atoms with Gasteiger partial charge in [-0.15, -0.1) is 0 Å². The van der Waals surface area contributed by atoms with Crippen LogP contribution in [0.4, 0.5) is 5.69 Å². The summed E-state index contributed by atoms with van der Waals surface area (Å²) in [5.74, 6) is 0. The van der Waals surface area contributed by atoms with Crippen LogP contribution in [0.15, 0.2) is 30.5 Å². The first-order valence-electron chi connectivity index (χ1n) is 6.77. The predicted molar refractivity (Wildman–Crippen MR) is 85.9 cm³/mol. The molecule has 0 aliphatic rings. The number of methoxy groups -OCH3 is 1. The number of halogens is 1. The van der Waals surface area contributed by atoms with E-state index in [2.05, 4.69) is 11.2 Å². The van der Waals surface area contributed by atoms with Crippen LogP contribution < -0.4 is 10.6 Å². The maximum absolute atomic E-state index is 6.40. The van der Waals surface area contributed by atoms with Gasteiger partial charge in [0.05, 0.1) is 36.1 Å². The number of ether oxygens (including phenoxy) is 1. The van der Waals surface area contributed by atoms with Crippen molar-refractivity contribution in [1.29, 1.82) is 0 Å². The molecule has 0 radical (unpaired) electrons. The molecule has 21 heavy (non-hydrogen) atoms. The third-order valence-electron chi connectivity index (χ3n) is 3.38. The highest BCUT2D eigenvalue weighted by atomic mass is 35.5. The normalized spacial score (nSPS) is 12.4. The number of hydrogen-bond donors (Lipinski definition) is 1. The van der Waals surface area contributed by atoms with Gasteiger partial charge >= 0.3 is 0 Å². The van der Waals surface area contributed by atoms with Crippen molar-refractivity contribution in [2.45, 2.75) is 12.6 Å². The van der Waals surface area contributed by atoms with Crippen LogP contribution in [0.1, 0.15) is 17.3 Å². The van der Waals surface area contributed by atoms with E-state index in [1.165, 1.54) is 0 Å². The molecule has 0 saturated heterocycles. The average molecular weight is 309 g/mol. The quantitative estimate of drug-likeness (QED) is 0.889. The van der Waals surface area contributed by atoms with E-state index in [-0.39, 0.29) is 6.04 Å². The van der Waals surface area contributed by atoms with Crippen molar-refractivity contribution in [3.05, 3.63) is 46.7 Å². The molecule has 6 heteroatoms. The zero-order chi connectivity index (χ0) is 15.4. The number of aromatic nitrogens is 2. The Morgan fingerprint density at radius 3 is 2.86 bits per heavy atom. The second-order valence-corrected chi connectivity index (χ2v) is 5.47. The van der Waals surface area contributed by atoms with Crippen molar-refractivity contribution < 1.29 is 4.74 Å². The summed E-state index contributed by atoms with van der Waals surface area (Å²) >= 11 is 6.26. The highest BCUT2D eigenvalue weighted by Crippen LogP contribution is 2.28. The van der Waals surface area contributed by atoms with Crippen LogP contribution in [0.3, 0.4) is 0 Å². The van der Waals surface area contributed by atoms with Gasteiger partial charge in [-0.2, -0.15) is 5.10 Å². The summed E-state index contributed by atoms with van der Waals surface area (Å²) < 4.78 is 6.90. The lowest BCUT2D eigenvalue weighted by Crippen LogP contribution is -2.20. The fourth-order valence-corrected chi connectivity index (χ4v) is 2.45. The predicted octanol–water partition coefficient (Wildman–Crippen LogP) is 2.30. The van der Waals surface area contributed by atoms with Crippen molar-refractivity contribution in [3.63, 3.8) is 0 Å². The summed E-state index contributed by atoms with van der Waals surface area (Å²) in [6.45, 7) is 1.19. The number of anilines is 1. The second kappa shape index (κ2) is 6.93. The fraction of sp³-hybridized carbons (Fsp3) is 0.400. The van der Waals surface area contributed by atoms with Gasteiger partial charge < -0.3 is 15.4 Å². The Morgan fingerprint density at radius 1 is 1.43 bits per heavy atom. The van der Waals surface area contributed by atoms with Crippen LogP contribution in [-0.4, -0.2) is 37.6 Å². The molecule has 0 amide bonds. The summed E-state index contributed by atoms with van der Waals surface area (Å²) in [5, 5.41) is 4.85. The topological polar surface area (TPSA) is 56.3 Å².